The van der Waals surface area contributed by atoms with Crippen LogP contribution in [-0.2, 0) is 10.0 Å². The van der Waals surface area contributed by atoms with Crippen molar-refractivity contribution in [2.45, 2.75) is 11.3 Å². The lowest BCUT2D eigenvalue weighted by Crippen LogP contribution is -2.34. The van der Waals surface area contributed by atoms with Crippen LogP contribution in [0.4, 0.5) is 5.69 Å². The second-order valence-electron chi connectivity index (χ2n) is 4.63. The van der Waals surface area contributed by atoms with Crippen molar-refractivity contribution in [3.05, 3.63) is 24.3 Å². The van der Waals surface area contributed by atoms with Gasteiger partial charge in [0.25, 0.3) is 0 Å². The number of nitrogens with zero attached hydrogens (tertiary/aromatic N) is 2. The molecule has 1 saturated heterocycles. The highest BCUT2D eigenvalue weighted by atomic mass is 32.2. The molecule has 1 aromatic rings. The SMILES string of the molecule is CN1CCCN(S(=O)(=O)c2cccc(N)c2)CC1. The molecule has 0 amide bonds. The first-order valence-corrected chi connectivity index (χ1v) is 7.48. The van der Waals surface area contributed by atoms with Gasteiger partial charge in [0.15, 0.2) is 0 Å². The number of hydrogen-bond acceptors (Lipinski definition) is 4. The number of nitrogens with two attached hydrogens (primary N) is 1. The van der Waals surface area contributed by atoms with Gasteiger partial charge in [-0.1, -0.05) is 6.07 Å². The summed E-state index contributed by atoms with van der Waals surface area (Å²) in [5.41, 5.74) is 6.12. The van der Waals surface area contributed by atoms with Gasteiger partial charge >= 0.3 is 0 Å². The Morgan fingerprint density at radius 2 is 1.94 bits per heavy atom. The normalized spacial score (nSPS) is 19.6. The number of rotatable bonds is 2. The second-order valence-corrected chi connectivity index (χ2v) is 6.57. The Balaban J connectivity index is 2.25. The summed E-state index contributed by atoms with van der Waals surface area (Å²) >= 11 is 0. The molecule has 0 unspecified atom stereocenters. The summed E-state index contributed by atoms with van der Waals surface area (Å²) in [5, 5.41) is 0. The van der Waals surface area contributed by atoms with Crippen LogP contribution in [-0.4, -0.2) is 50.8 Å². The van der Waals surface area contributed by atoms with Gasteiger partial charge in [-0.3, -0.25) is 0 Å². The number of hydrogen-bond donors (Lipinski definition) is 1. The van der Waals surface area contributed by atoms with Crippen LogP contribution in [0.25, 0.3) is 0 Å². The van der Waals surface area contributed by atoms with E-state index < -0.39 is 10.0 Å². The fourth-order valence-electron chi connectivity index (χ4n) is 2.09. The predicted molar refractivity (Wildman–Crippen MR) is 71.7 cm³/mol. The molecule has 1 aliphatic heterocycles. The van der Waals surface area contributed by atoms with Gasteiger partial charge in [0, 0.05) is 25.3 Å². The maximum absolute atomic E-state index is 12.5. The topological polar surface area (TPSA) is 66.6 Å². The molecule has 6 heteroatoms. The summed E-state index contributed by atoms with van der Waals surface area (Å²) in [5.74, 6) is 0. The molecule has 0 spiro atoms. The lowest BCUT2D eigenvalue weighted by molar-refractivity contribution is 0.347. The minimum atomic E-state index is -3.40. The zero-order valence-electron chi connectivity index (χ0n) is 10.5. The number of benzene rings is 1. The predicted octanol–water partition coefficient (Wildman–Crippen LogP) is 0.595. The van der Waals surface area contributed by atoms with E-state index in [2.05, 4.69) is 4.90 Å². The van der Waals surface area contributed by atoms with Crippen molar-refractivity contribution in [1.29, 1.82) is 0 Å². The molecule has 2 N–H and O–H groups in total. The van der Waals surface area contributed by atoms with E-state index in [0.717, 1.165) is 19.5 Å². The van der Waals surface area contributed by atoms with Gasteiger partial charge in [-0.15, -0.1) is 0 Å². The van der Waals surface area contributed by atoms with E-state index in [4.69, 9.17) is 5.73 Å². The maximum Gasteiger partial charge on any atom is 0.243 e. The van der Waals surface area contributed by atoms with E-state index >= 15 is 0 Å². The Morgan fingerprint density at radius 1 is 1.17 bits per heavy atom. The lowest BCUT2D eigenvalue weighted by atomic mass is 10.3. The van der Waals surface area contributed by atoms with Gasteiger partial charge in [-0.05, 0) is 38.2 Å². The molecule has 0 aromatic heterocycles. The maximum atomic E-state index is 12.5. The molecule has 1 fully saturated rings. The zero-order valence-corrected chi connectivity index (χ0v) is 11.4. The van der Waals surface area contributed by atoms with Gasteiger partial charge < -0.3 is 10.6 Å². The highest BCUT2D eigenvalue weighted by Crippen LogP contribution is 2.19. The smallest absolute Gasteiger partial charge is 0.243 e. The van der Waals surface area contributed by atoms with E-state index in [9.17, 15) is 8.42 Å². The van der Waals surface area contributed by atoms with Crippen LogP contribution in [0.1, 0.15) is 6.42 Å². The molecule has 0 bridgehead atoms. The zero-order chi connectivity index (χ0) is 13.2. The number of anilines is 1. The molecule has 0 aliphatic carbocycles. The molecule has 0 saturated carbocycles. The largest absolute Gasteiger partial charge is 0.399 e. The highest BCUT2D eigenvalue weighted by Gasteiger charge is 2.26. The van der Waals surface area contributed by atoms with E-state index in [0.29, 0.717) is 18.8 Å². The molecule has 100 valence electrons. The lowest BCUT2D eigenvalue weighted by Gasteiger charge is -2.20. The van der Waals surface area contributed by atoms with Crippen LogP contribution in [0.3, 0.4) is 0 Å². The molecule has 1 aliphatic rings. The minimum Gasteiger partial charge on any atom is -0.399 e. The molecule has 2 rings (SSSR count). The third kappa shape index (κ3) is 2.82. The monoisotopic (exact) mass is 269 g/mol. The van der Waals surface area contributed by atoms with E-state index in [1.807, 2.05) is 7.05 Å². The highest BCUT2D eigenvalue weighted by molar-refractivity contribution is 7.89. The second kappa shape index (κ2) is 5.26. The van der Waals surface area contributed by atoms with Crippen LogP contribution in [0.5, 0.6) is 0 Å². The fraction of sp³-hybridized carbons (Fsp3) is 0.500. The molecular formula is C12H19N3O2S. The number of sulfonamides is 1. The van der Waals surface area contributed by atoms with Gasteiger partial charge in [0.2, 0.25) is 10.0 Å². The fourth-order valence-corrected chi connectivity index (χ4v) is 3.61. The molecule has 1 aromatic carbocycles. The van der Waals surface area contributed by atoms with Crippen molar-refractivity contribution >= 4 is 15.7 Å². The third-order valence-electron chi connectivity index (χ3n) is 3.17. The molecule has 1 heterocycles. The quantitative estimate of drug-likeness (QED) is 0.798. The summed E-state index contributed by atoms with van der Waals surface area (Å²) in [4.78, 5) is 2.43. The molecule has 5 nitrogen and oxygen atoms in total. The summed E-state index contributed by atoms with van der Waals surface area (Å²) in [7, 11) is -1.39. The van der Waals surface area contributed by atoms with Crippen molar-refractivity contribution in [2.24, 2.45) is 0 Å². The Bertz CT molecular complexity index is 516. The number of likely N-dealkylation sites (N-methyl/N-ethyl adjacent to an activating group) is 1. The Kier molecular flexibility index (Phi) is 3.89. The van der Waals surface area contributed by atoms with Crippen molar-refractivity contribution in [2.75, 3.05) is 39.0 Å². The van der Waals surface area contributed by atoms with Gasteiger partial charge in [-0.2, -0.15) is 4.31 Å². The average molecular weight is 269 g/mol. The standard InChI is InChI=1S/C12H19N3O2S/c1-14-6-3-7-15(9-8-14)18(16,17)12-5-2-4-11(13)10-12/h2,4-5,10H,3,6-9,13H2,1H3. The molecule has 0 radical (unpaired) electrons. The minimum absolute atomic E-state index is 0.284. The van der Waals surface area contributed by atoms with E-state index in [-0.39, 0.29) is 4.90 Å². The summed E-state index contributed by atoms with van der Waals surface area (Å²) in [6.45, 7) is 2.81. The number of nitrogen functional groups attached to an aromatic ring is 1. The van der Waals surface area contributed by atoms with Crippen molar-refractivity contribution < 1.29 is 8.42 Å². The van der Waals surface area contributed by atoms with E-state index in [1.54, 1.807) is 22.5 Å². The van der Waals surface area contributed by atoms with Crippen molar-refractivity contribution in [1.82, 2.24) is 9.21 Å². The van der Waals surface area contributed by atoms with E-state index in [1.165, 1.54) is 6.07 Å². The first-order chi connectivity index (χ1) is 8.50. The van der Waals surface area contributed by atoms with Gasteiger partial charge in [0.05, 0.1) is 4.90 Å². The van der Waals surface area contributed by atoms with Crippen LogP contribution in [0.2, 0.25) is 0 Å². The first-order valence-electron chi connectivity index (χ1n) is 6.04. The Labute approximate surface area is 108 Å². The Hall–Kier alpha value is -1.11. The molecular weight excluding hydrogens is 250 g/mol. The van der Waals surface area contributed by atoms with Crippen LogP contribution >= 0.6 is 0 Å². The van der Waals surface area contributed by atoms with Crippen LogP contribution < -0.4 is 5.73 Å². The molecule has 18 heavy (non-hydrogen) atoms. The Morgan fingerprint density at radius 3 is 2.67 bits per heavy atom. The van der Waals surface area contributed by atoms with Gasteiger partial charge in [-0.25, -0.2) is 8.42 Å². The summed E-state index contributed by atoms with van der Waals surface area (Å²) < 4.78 is 26.4. The average Bonchev–Trinajstić information content (AvgIpc) is 2.54. The first kappa shape index (κ1) is 13.3. The van der Waals surface area contributed by atoms with Crippen molar-refractivity contribution in [3.8, 4) is 0 Å². The summed E-state index contributed by atoms with van der Waals surface area (Å²) in [6.07, 6.45) is 0.859. The summed E-state index contributed by atoms with van der Waals surface area (Å²) in [6, 6.07) is 6.48. The molecule has 0 atom stereocenters. The third-order valence-corrected chi connectivity index (χ3v) is 5.07. The van der Waals surface area contributed by atoms with Crippen molar-refractivity contribution in [3.63, 3.8) is 0 Å². The van der Waals surface area contributed by atoms with Crippen LogP contribution in [0, 0.1) is 0 Å². The van der Waals surface area contributed by atoms with Gasteiger partial charge in [0.1, 0.15) is 0 Å². The van der Waals surface area contributed by atoms with Crippen LogP contribution in [0.15, 0.2) is 29.2 Å².